The number of ether oxygens (including phenoxy) is 1. The van der Waals surface area contributed by atoms with Gasteiger partial charge in [0.15, 0.2) is 0 Å². The molecule has 1 fully saturated rings. The molecule has 0 aliphatic carbocycles. The predicted molar refractivity (Wildman–Crippen MR) is 73.2 cm³/mol. The van der Waals surface area contributed by atoms with Crippen LogP contribution in [0.3, 0.4) is 0 Å². The molecule has 2 rings (SSSR count). The van der Waals surface area contributed by atoms with E-state index in [1.54, 1.807) is 0 Å². The third-order valence-corrected chi connectivity index (χ3v) is 3.90. The quantitative estimate of drug-likeness (QED) is 0.765. The highest BCUT2D eigenvalue weighted by molar-refractivity contribution is 5.68. The molecule has 18 heavy (non-hydrogen) atoms. The molecule has 1 aliphatic heterocycles. The number of nitrogens with zero attached hydrogens (tertiary/aromatic N) is 1. The molecule has 1 atom stereocenters. The molecule has 1 aromatic rings. The maximum absolute atomic E-state index is 11.2. The van der Waals surface area contributed by atoms with Gasteiger partial charge in [-0.25, -0.2) is 0 Å². The molecule has 0 N–H and O–H groups in total. The van der Waals surface area contributed by atoms with E-state index < -0.39 is 0 Å². The second kappa shape index (κ2) is 5.53. The second-order valence-corrected chi connectivity index (χ2v) is 5.04. The molecule has 0 aromatic heterocycles. The normalized spacial score (nSPS) is 19.3. The highest BCUT2D eigenvalue weighted by atomic mass is 16.5. The molecule has 1 heterocycles. The zero-order chi connectivity index (χ0) is 13.0. The van der Waals surface area contributed by atoms with Crippen molar-refractivity contribution in [3.63, 3.8) is 0 Å². The van der Waals surface area contributed by atoms with Crippen LogP contribution in [0.1, 0.15) is 25.8 Å². The minimum atomic E-state index is -0.358. The van der Waals surface area contributed by atoms with Crippen molar-refractivity contribution in [2.75, 3.05) is 31.2 Å². The fourth-order valence-corrected chi connectivity index (χ4v) is 2.23. The average Bonchev–Trinajstić information content (AvgIpc) is 2.47. The summed E-state index contributed by atoms with van der Waals surface area (Å²) in [5.41, 5.74) is 1.95. The average molecular weight is 247 g/mol. The van der Waals surface area contributed by atoms with Crippen molar-refractivity contribution < 1.29 is 9.53 Å². The van der Waals surface area contributed by atoms with Gasteiger partial charge in [-0.2, -0.15) is 0 Å². The Labute approximate surface area is 109 Å². The van der Waals surface area contributed by atoms with Crippen molar-refractivity contribution in [2.45, 2.75) is 25.7 Å². The Kier molecular flexibility index (Phi) is 4.02. The molecule has 0 bridgehead atoms. The number of hydrogen-bond acceptors (Lipinski definition) is 3. The minimum absolute atomic E-state index is 0.358. The summed E-state index contributed by atoms with van der Waals surface area (Å²) in [7, 11) is 0. The van der Waals surface area contributed by atoms with Crippen LogP contribution in [0.2, 0.25) is 0 Å². The van der Waals surface area contributed by atoms with E-state index in [0.717, 1.165) is 44.6 Å². The predicted octanol–water partition coefficient (Wildman–Crippen LogP) is 2.39. The van der Waals surface area contributed by atoms with Crippen molar-refractivity contribution in [2.24, 2.45) is 0 Å². The topological polar surface area (TPSA) is 29.5 Å². The van der Waals surface area contributed by atoms with Gasteiger partial charge in [0.25, 0.3) is 0 Å². The Morgan fingerprint density at radius 1 is 1.28 bits per heavy atom. The van der Waals surface area contributed by atoms with Crippen molar-refractivity contribution in [3.8, 4) is 0 Å². The van der Waals surface area contributed by atoms with E-state index in [1.165, 1.54) is 5.69 Å². The van der Waals surface area contributed by atoms with Gasteiger partial charge in [-0.05, 0) is 31.0 Å². The number of hydrogen-bond donors (Lipinski definition) is 0. The van der Waals surface area contributed by atoms with Crippen LogP contribution in [-0.2, 0) is 14.9 Å². The molecule has 1 aliphatic rings. The van der Waals surface area contributed by atoms with E-state index in [2.05, 4.69) is 29.2 Å². The maximum Gasteiger partial charge on any atom is 0.130 e. The molecule has 1 saturated heterocycles. The van der Waals surface area contributed by atoms with E-state index in [4.69, 9.17) is 4.74 Å². The number of morpholine rings is 1. The monoisotopic (exact) mass is 247 g/mol. The van der Waals surface area contributed by atoms with E-state index >= 15 is 0 Å². The summed E-state index contributed by atoms with van der Waals surface area (Å²) in [4.78, 5) is 13.5. The third-order valence-electron chi connectivity index (χ3n) is 3.90. The van der Waals surface area contributed by atoms with Crippen molar-refractivity contribution in [3.05, 3.63) is 29.8 Å². The van der Waals surface area contributed by atoms with Gasteiger partial charge in [0.05, 0.1) is 13.2 Å². The van der Waals surface area contributed by atoms with E-state index in [0.29, 0.717) is 0 Å². The Hall–Kier alpha value is -1.35. The molecule has 1 aromatic carbocycles. The standard InChI is InChI=1S/C15H21NO2/c1-3-15(2,12-17)13-4-6-14(7-5-13)16-8-10-18-11-9-16/h4-7,12H,3,8-11H2,1-2H3. The molecule has 0 saturated carbocycles. The van der Waals surface area contributed by atoms with Crippen LogP contribution in [0.4, 0.5) is 5.69 Å². The first-order valence-corrected chi connectivity index (χ1v) is 6.59. The van der Waals surface area contributed by atoms with Gasteiger partial charge in [0.1, 0.15) is 6.29 Å². The van der Waals surface area contributed by atoms with E-state index in [9.17, 15) is 4.79 Å². The lowest BCUT2D eigenvalue weighted by Crippen LogP contribution is -2.36. The van der Waals surface area contributed by atoms with Gasteiger partial charge >= 0.3 is 0 Å². The molecule has 0 radical (unpaired) electrons. The number of benzene rings is 1. The summed E-state index contributed by atoms with van der Waals surface area (Å²) in [6, 6.07) is 8.36. The largest absolute Gasteiger partial charge is 0.378 e. The fourth-order valence-electron chi connectivity index (χ4n) is 2.23. The number of rotatable bonds is 4. The smallest absolute Gasteiger partial charge is 0.130 e. The Morgan fingerprint density at radius 3 is 2.39 bits per heavy atom. The van der Waals surface area contributed by atoms with Gasteiger partial charge in [-0.1, -0.05) is 19.1 Å². The number of carbonyl (C=O) groups is 1. The molecule has 3 nitrogen and oxygen atoms in total. The Bertz CT molecular complexity index is 395. The summed E-state index contributed by atoms with van der Waals surface area (Å²) in [5, 5.41) is 0. The van der Waals surface area contributed by atoms with Gasteiger partial charge in [0.2, 0.25) is 0 Å². The lowest BCUT2D eigenvalue weighted by Gasteiger charge is -2.29. The maximum atomic E-state index is 11.2. The zero-order valence-corrected chi connectivity index (χ0v) is 11.2. The minimum Gasteiger partial charge on any atom is -0.378 e. The first-order chi connectivity index (χ1) is 8.69. The fraction of sp³-hybridized carbons (Fsp3) is 0.533. The summed E-state index contributed by atoms with van der Waals surface area (Å²) in [6.45, 7) is 7.51. The van der Waals surface area contributed by atoms with E-state index in [1.807, 2.05) is 13.8 Å². The summed E-state index contributed by atoms with van der Waals surface area (Å²) in [5.74, 6) is 0. The molecular weight excluding hydrogens is 226 g/mol. The number of carbonyl (C=O) groups excluding carboxylic acids is 1. The van der Waals surface area contributed by atoms with Gasteiger partial charge in [0, 0.05) is 24.2 Å². The van der Waals surface area contributed by atoms with Crippen LogP contribution in [0, 0.1) is 0 Å². The van der Waals surface area contributed by atoms with Gasteiger partial charge < -0.3 is 14.4 Å². The summed E-state index contributed by atoms with van der Waals surface area (Å²) >= 11 is 0. The number of aldehydes is 1. The summed E-state index contributed by atoms with van der Waals surface area (Å²) < 4.78 is 5.35. The SMILES string of the molecule is CCC(C)(C=O)c1ccc(N2CCOCC2)cc1. The van der Waals surface area contributed by atoms with Crippen LogP contribution in [0.15, 0.2) is 24.3 Å². The van der Waals surface area contributed by atoms with Crippen molar-refractivity contribution in [1.82, 2.24) is 0 Å². The molecule has 1 unspecified atom stereocenters. The van der Waals surface area contributed by atoms with Gasteiger partial charge in [-0.3, -0.25) is 0 Å². The molecular formula is C15H21NO2. The van der Waals surface area contributed by atoms with Crippen LogP contribution < -0.4 is 4.90 Å². The van der Waals surface area contributed by atoms with Crippen LogP contribution >= 0.6 is 0 Å². The van der Waals surface area contributed by atoms with Gasteiger partial charge in [-0.15, -0.1) is 0 Å². The molecule has 0 spiro atoms. The Balaban J connectivity index is 2.16. The van der Waals surface area contributed by atoms with E-state index in [-0.39, 0.29) is 5.41 Å². The lowest BCUT2D eigenvalue weighted by atomic mass is 9.81. The zero-order valence-electron chi connectivity index (χ0n) is 11.2. The summed E-state index contributed by atoms with van der Waals surface area (Å²) in [6.07, 6.45) is 1.88. The lowest BCUT2D eigenvalue weighted by molar-refractivity contribution is -0.112. The van der Waals surface area contributed by atoms with Crippen molar-refractivity contribution >= 4 is 12.0 Å². The van der Waals surface area contributed by atoms with Crippen LogP contribution in [0.5, 0.6) is 0 Å². The van der Waals surface area contributed by atoms with Crippen molar-refractivity contribution in [1.29, 1.82) is 0 Å². The highest BCUT2D eigenvalue weighted by Gasteiger charge is 2.23. The first-order valence-electron chi connectivity index (χ1n) is 6.59. The molecule has 0 amide bonds. The van der Waals surface area contributed by atoms with Crippen LogP contribution in [-0.4, -0.2) is 32.6 Å². The highest BCUT2D eigenvalue weighted by Crippen LogP contribution is 2.27. The molecule has 3 heteroatoms. The first kappa shape index (κ1) is 13.1. The Morgan fingerprint density at radius 2 is 1.89 bits per heavy atom. The number of anilines is 1. The second-order valence-electron chi connectivity index (χ2n) is 5.04. The van der Waals surface area contributed by atoms with Crippen LogP contribution in [0.25, 0.3) is 0 Å². The molecule has 98 valence electrons. The third kappa shape index (κ3) is 2.56.